The van der Waals surface area contributed by atoms with Crippen LogP contribution in [0.15, 0.2) is 57.5 Å². The molecule has 1 aliphatic rings. The zero-order chi connectivity index (χ0) is 23.2. The third-order valence-electron chi connectivity index (χ3n) is 5.39. The van der Waals surface area contributed by atoms with Crippen LogP contribution >= 0.6 is 11.8 Å². The molecule has 0 spiro atoms. The number of ether oxygens (including phenoxy) is 2. The minimum absolute atomic E-state index is 0.183. The number of aromatic nitrogens is 3. The summed E-state index contributed by atoms with van der Waals surface area (Å²) in [6.45, 7) is 1.58. The normalized spacial score (nSPS) is 14.2. The molecule has 0 saturated heterocycles. The van der Waals surface area contributed by atoms with Crippen molar-refractivity contribution >= 4 is 18.0 Å². The molecule has 33 heavy (non-hydrogen) atoms. The van der Waals surface area contributed by atoms with Crippen LogP contribution in [0.3, 0.4) is 0 Å². The number of hydrogen-bond acceptors (Lipinski definition) is 7. The molecule has 1 aromatic heterocycles. The van der Waals surface area contributed by atoms with Gasteiger partial charge in [-0.2, -0.15) is 9.78 Å². The number of nitrogens with zero attached hydrogens (tertiary/aromatic N) is 4. The molecule has 0 bridgehead atoms. The maximum Gasteiger partial charge on any atom is 0.296 e. The molecular weight excluding hydrogens is 443 g/mol. The van der Waals surface area contributed by atoms with E-state index >= 15 is 0 Å². The molecule has 0 amide bonds. The summed E-state index contributed by atoms with van der Waals surface area (Å²) < 4.78 is 26.7. The van der Waals surface area contributed by atoms with E-state index in [4.69, 9.17) is 9.47 Å². The SMILES string of the molecule is COc1ccc(/C=N/n2c(SCc3ccccc3F)nnc(C)c2=O)cc1OC1CCCC1. The third-order valence-corrected chi connectivity index (χ3v) is 6.36. The summed E-state index contributed by atoms with van der Waals surface area (Å²) in [6, 6.07) is 12.0. The molecule has 0 N–H and O–H groups in total. The van der Waals surface area contributed by atoms with E-state index in [1.807, 2.05) is 18.2 Å². The van der Waals surface area contributed by atoms with Gasteiger partial charge in [0.15, 0.2) is 11.5 Å². The predicted octanol–water partition coefficient (Wildman–Crippen LogP) is 4.59. The Morgan fingerprint density at radius 2 is 1.97 bits per heavy atom. The maximum atomic E-state index is 14.0. The molecule has 0 radical (unpaired) electrons. The van der Waals surface area contributed by atoms with Crippen molar-refractivity contribution in [1.29, 1.82) is 0 Å². The summed E-state index contributed by atoms with van der Waals surface area (Å²) in [4.78, 5) is 12.7. The minimum atomic E-state index is -0.381. The largest absolute Gasteiger partial charge is 0.493 e. The summed E-state index contributed by atoms with van der Waals surface area (Å²) in [7, 11) is 1.61. The smallest absolute Gasteiger partial charge is 0.296 e. The summed E-state index contributed by atoms with van der Waals surface area (Å²) >= 11 is 1.19. The first-order chi connectivity index (χ1) is 16.0. The van der Waals surface area contributed by atoms with Crippen molar-refractivity contribution in [2.24, 2.45) is 5.10 Å². The average Bonchev–Trinajstić information content (AvgIpc) is 3.33. The second-order valence-corrected chi connectivity index (χ2v) is 8.69. The van der Waals surface area contributed by atoms with Crippen LogP contribution in [0.5, 0.6) is 11.5 Å². The van der Waals surface area contributed by atoms with E-state index in [1.165, 1.54) is 35.3 Å². The monoisotopic (exact) mass is 468 g/mol. The van der Waals surface area contributed by atoms with Crippen molar-refractivity contribution in [3.8, 4) is 11.5 Å². The van der Waals surface area contributed by atoms with Crippen LogP contribution < -0.4 is 15.0 Å². The number of halogens is 1. The van der Waals surface area contributed by atoms with Crippen LogP contribution in [0.1, 0.15) is 42.5 Å². The Morgan fingerprint density at radius 3 is 2.73 bits per heavy atom. The van der Waals surface area contributed by atoms with E-state index in [0.717, 1.165) is 18.4 Å². The molecule has 3 aromatic rings. The Bertz CT molecular complexity index is 1210. The summed E-state index contributed by atoms with van der Waals surface area (Å²) in [5.41, 5.74) is 1.10. The van der Waals surface area contributed by atoms with Gasteiger partial charge in [0.05, 0.1) is 19.4 Å². The second-order valence-electron chi connectivity index (χ2n) is 7.74. The molecule has 0 unspecified atom stereocenters. The number of benzene rings is 2. The topological polar surface area (TPSA) is 78.6 Å². The number of rotatable bonds is 8. The van der Waals surface area contributed by atoms with Crippen LogP contribution in [0.4, 0.5) is 4.39 Å². The molecule has 0 atom stereocenters. The molecule has 172 valence electrons. The zero-order valence-corrected chi connectivity index (χ0v) is 19.3. The van der Waals surface area contributed by atoms with Crippen LogP contribution in [0.2, 0.25) is 0 Å². The van der Waals surface area contributed by atoms with Gasteiger partial charge in [0, 0.05) is 5.75 Å². The van der Waals surface area contributed by atoms with Gasteiger partial charge in [0.1, 0.15) is 11.5 Å². The van der Waals surface area contributed by atoms with Crippen LogP contribution in [-0.4, -0.2) is 34.3 Å². The van der Waals surface area contributed by atoms with E-state index in [2.05, 4.69) is 15.3 Å². The third kappa shape index (κ3) is 5.60. The number of aryl methyl sites for hydroxylation is 1. The number of methoxy groups -OCH3 is 1. The molecule has 1 saturated carbocycles. The Kier molecular flexibility index (Phi) is 7.39. The quantitative estimate of drug-likeness (QED) is 0.355. The van der Waals surface area contributed by atoms with Crippen molar-refractivity contribution in [3.63, 3.8) is 0 Å². The van der Waals surface area contributed by atoms with Crippen molar-refractivity contribution < 1.29 is 13.9 Å². The van der Waals surface area contributed by atoms with E-state index in [0.29, 0.717) is 22.8 Å². The molecule has 4 rings (SSSR count). The van der Waals surface area contributed by atoms with Gasteiger partial charge in [0.25, 0.3) is 5.56 Å². The highest BCUT2D eigenvalue weighted by Gasteiger charge is 2.18. The lowest BCUT2D eigenvalue weighted by Crippen LogP contribution is -2.23. The molecule has 7 nitrogen and oxygen atoms in total. The predicted molar refractivity (Wildman–Crippen MR) is 126 cm³/mol. The summed E-state index contributed by atoms with van der Waals surface area (Å²) in [6.07, 6.45) is 6.14. The van der Waals surface area contributed by atoms with Crippen molar-refractivity contribution in [2.75, 3.05) is 7.11 Å². The molecule has 9 heteroatoms. The van der Waals surface area contributed by atoms with E-state index in [1.54, 1.807) is 38.4 Å². The Labute approximate surface area is 195 Å². The highest BCUT2D eigenvalue weighted by Crippen LogP contribution is 2.32. The Hall–Kier alpha value is -3.20. The first kappa shape index (κ1) is 23.0. The van der Waals surface area contributed by atoms with E-state index < -0.39 is 0 Å². The second kappa shape index (κ2) is 10.6. The van der Waals surface area contributed by atoms with Crippen molar-refractivity contribution in [3.05, 3.63) is 75.5 Å². The lowest BCUT2D eigenvalue weighted by molar-refractivity contribution is 0.201. The van der Waals surface area contributed by atoms with Gasteiger partial charge in [-0.3, -0.25) is 4.79 Å². The van der Waals surface area contributed by atoms with Gasteiger partial charge in [-0.1, -0.05) is 30.0 Å². The lowest BCUT2D eigenvalue weighted by atomic mass is 10.2. The molecule has 0 aliphatic heterocycles. The van der Waals surface area contributed by atoms with Gasteiger partial charge in [-0.05, 0) is 68.0 Å². The lowest BCUT2D eigenvalue weighted by Gasteiger charge is -2.16. The van der Waals surface area contributed by atoms with E-state index in [-0.39, 0.29) is 28.3 Å². The first-order valence-corrected chi connectivity index (χ1v) is 11.8. The molecule has 2 aromatic carbocycles. The average molecular weight is 469 g/mol. The highest BCUT2D eigenvalue weighted by atomic mass is 32.2. The fraction of sp³-hybridized carbons (Fsp3) is 0.333. The van der Waals surface area contributed by atoms with Gasteiger partial charge in [-0.25, -0.2) is 4.39 Å². The number of thioether (sulfide) groups is 1. The molecule has 1 heterocycles. The Morgan fingerprint density at radius 1 is 1.18 bits per heavy atom. The highest BCUT2D eigenvalue weighted by molar-refractivity contribution is 7.98. The molecule has 1 fully saturated rings. The minimum Gasteiger partial charge on any atom is -0.493 e. The summed E-state index contributed by atoms with van der Waals surface area (Å²) in [5.74, 6) is 1.29. The van der Waals surface area contributed by atoms with Crippen molar-refractivity contribution in [2.45, 2.75) is 49.6 Å². The first-order valence-electron chi connectivity index (χ1n) is 10.8. The van der Waals surface area contributed by atoms with Crippen molar-refractivity contribution in [1.82, 2.24) is 14.9 Å². The van der Waals surface area contributed by atoms with Gasteiger partial charge < -0.3 is 9.47 Å². The maximum absolute atomic E-state index is 14.0. The molecular formula is C24H25FN4O3S. The fourth-order valence-corrected chi connectivity index (χ4v) is 4.44. The van der Waals surface area contributed by atoms with Crippen LogP contribution in [-0.2, 0) is 5.75 Å². The summed E-state index contributed by atoms with van der Waals surface area (Å²) in [5, 5.41) is 12.7. The van der Waals surface area contributed by atoms with Crippen LogP contribution in [0, 0.1) is 12.7 Å². The standard InChI is InChI=1S/C24H25FN4O3S/c1-16-23(30)29(24(28-27-16)33-15-18-7-3-6-10-20(18)25)26-14-17-11-12-21(31-2)22(13-17)32-19-8-4-5-9-19/h3,6-7,10-14,19H,4-5,8-9,15H2,1-2H3/b26-14+. The van der Waals surface area contributed by atoms with E-state index in [9.17, 15) is 9.18 Å². The van der Waals surface area contributed by atoms with Crippen LogP contribution in [0.25, 0.3) is 0 Å². The fourth-order valence-electron chi connectivity index (χ4n) is 3.57. The van der Waals surface area contributed by atoms with Gasteiger partial charge in [0.2, 0.25) is 5.16 Å². The number of hydrogen-bond donors (Lipinski definition) is 0. The Balaban J connectivity index is 1.59. The molecule has 1 aliphatic carbocycles. The van der Waals surface area contributed by atoms with Gasteiger partial charge >= 0.3 is 0 Å². The van der Waals surface area contributed by atoms with Gasteiger partial charge in [-0.15, -0.1) is 10.2 Å². The zero-order valence-electron chi connectivity index (χ0n) is 18.5.